The Morgan fingerprint density at radius 1 is 0.976 bits per heavy atom. The minimum absolute atomic E-state index is 0.117. The van der Waals surface area contributed by atoms with Crippen molar-refractivity contribution >= 4 is 40.3 Å². The van der Waals surface area contributed by atoms with Gasteiger partial charge in [0, 0.05) is 42.0 Å². The lowest BCUT2D eigenvalue weighted by molar-refractivity contribution is 0.414. The van der Waals surface area contributed by atoms with Crippen LogP contribution in [0.1, 0.15) is 54.5 Å². The smallest absolute Gasteiger partial charge is 0.174 e. The summed E-state index contributed by atoms with van der Waals surface area (Å²) in [4.78, 5) is 9.35. The molecule has 6 rings (SSSR count). The highest BCUT2D eigenvalue weighted by Crippen LogP contribution is 2.45. The van der Waals surface area contributed by atoms with Gasteiger partial charge in [0.2, 0.25) is 0 Å². The Kier molecular flexibility index (Phi) is 7.66. The Bertz CT molecular complexity index is 1550. The summed E-state index contributed by atoms with van der Waals surface area (Å²) in [5.41, 5.74) is 7.58. The van der Waals surface area contributed by atoms with Crippen molar-refractivity contribution in [3.8, 4) is 11.4 Å². The van der Waals surface area contributed by atoms with E-state index in [-0.39, 0.29) is 12.1 Å². The standard InChI is InChI=1S/C33H36ClN5OS/c1-21-14-17-37(18-15-21)30-13-10-25(20-28(30)34)39-32(31(36-33(39)41)29-7-5-6-16-35-29)27-19-22(2)38(23(27)3)24-8-11-26(40-4)12-9-24/h5-13,16,19-21,31-32H,14-15,17-18H2,1-4H3,(H,36,41). The molecule has 6 nitrogen and oxygen atoms in total. The molecule has 2 saturated heterocycles. The second-order valence-electron chi connectivity index (χ2n) is 11.2. The predicted molar refractivity (Wildman–Crippen MR) is 172 cm³/mol. The summed E-state index contributed by atoms with van der Waals surface area (Å²) in [7, 11) is 1.69. The first kappa shape index (κ1) is 27.6. The van der Waals surface area contributed by atoms with E-state index in [2.05, 4.69) is 82.9 Å². The minimum atomic E-state index is -0.129. The molecule has 41 heavy (non-hydrogen) atoms. The largest absolute Gasteiger partial charge is 0.497 e. The van der Waals surface area contributed by atoms with Gasteiger partial charge in [-0.3, -0.25) is 4.98 Å². The molecule has 2 fully saturated rings. The zero-order chi connectivity index (χ0) is 28.7. The van der Waals surface area contributed by atoms with Gasteiger partial charge in [-0.2, -0.15) is 0 Å². The molecule has 2 aliphatic rings. The third kappa shape index (κ3) is 5.17. The summed E-state index contributed by atoms with van der Waals surface area (Å²) >= 11 is 13.0. The molecule has 2 aliphatic heterocycles. The zero-order valence-corrected chi connectivity index (χ0v) is 25.5. The van der Waals surface area contributed by atoms with Crippen molar-refractivity contribution < 1.29 is 4.74 Å². The maximum absolute atomic E-state index is 6.98. The van der Waals surface area contributed by atoms with Crippen LogP contribution in [-0.4, -0.2) is 34.9 Å². The summed E-state index contributed by atoms with van der Waals surface area (Å²) in [5.74, 6) is 1.60. The quantitative estimate of drug-likeness (QED) is 0.236. The molecule has 0 bridgehead atoms. The topological polar surface area (TPSA) is 45.6 Å². The number of thiocarbonyl (C=S) groups is 1. The predicted octanol–water partition coefficient (Wildman–Crippen LogP) is 7.56. The van der Waals surface area contributed by atoms with Crippen molar-refractivity contribution in [3.05, 3.63) is 101 Å². The number of methoxy groups -OCH3 is 1. The van der Waals surface area contributed by atoms with Crippen LogP contribution < -0.4 is 19.9 Å². The van der Waals surface area contributed by atoms with Crippen molar-refractivity contribution in [2.75, 3.05) is 30.0 Å². The number of rotatable bonds is 6. The highest BCUT2D eigenvalue weighted by Gasteiger charge is 2.42. The first-order chi connectivity index (χ1) is 19.9. The Morgan fingerprint density at radius 2 is 1.71 bits per heavy atom. The van der Waals surface area contributed by atoms with Crippen LogP contribution in [0.4, 0.5) is 11.4 Å². The lowest BCUT2D eigenvalue weighted by Gasteiger charge is -2.33. The van der Waals surface area contributed by atoms with E-state index in [1.807, 2.05) is 30.5 Å². The van der Waals surface area contributed by atoms with Crippen molar-refractivity contribution in [1.29, 1.82) is 0 Å². The van der Waals surface area contributed by atoms with Gasteiger partial charge in [-0.1, -0.05) is 24.6 Å². The van der Waals surface area contributed by atoms with E-state index in [9.17, 15) is 0 Å². The molecule has 1 N–H and O–H groups in total. The number of nitrogens with one attached hydrogen (secondary N) is 1. The Labute approximate surface area is 252 Å². The average Bonchev–Trinajstić information content (AvgIpc) is 3.48. The van der Waals surface area contributed by atoms with Crippen LogP contribution in [0, 0.1) is 19.8 Å². The van der Waals surface area contributed by atoms with Crippen LogP contribution >= 0.6 is 23.8 Å². The molecule has 2 atom stereocenters. The lowest BCUT2D eigenvalue weighted by Crippen LogP contribution is -2.33. The number of hydrogen-bond acceptors (Lipinski definition) is 4. The molecule has 0 radical (unpaired) electrons. The fourth-order valence-corrected chi connectivity index (χ4v) is 6.96. The number of nitrogens with zero attached hydrogens (tertiary/aromatic N) is 4. The molecule has 2 aromatic heterocycles. The van der Waals surface area contributed by atoms with E-state index in [4.69, 9.17) is 33.5 Å². The molecule has 0 spiro atoms. The maximum atomic E-state index is 6.98. The van der Waals surface area contributed by atoms with Gasteiger partial charge in [-0.25, -0.2) is 0 Å². The fourth-order valence-electron chi connectivity index (χ4n) is 6.32. The second kappa shape index (κ2) is 11.4. The van der Waals surface area contributed by atoms with Crippen LogP contribution in [0.25, 0.3) is 5.69 Å². The first-order valence-corrected chi connectivity index (χ1v) is 15.0. The molecule has 0 aliphatic carbocycles. The third-order valence-corrected chi connectivity index (χ3v) is 9.17. The molecule has 8 heteroatoms. The van der Waals surface area contributed by atoms with Crippen LogP contribution in [0.2, 0.25) is 5.02 Å². The number of pyridine rings is 1. The summed E-state index contributed by atoms with van der Waals surface area (Å²) < 4.78 is 7.68. The number of aromatic nitrogens is 2. The van der Waals surface area contributed by atoms with Gasteiger partial charge in [0.1, 0.15) is 5.75 Å². The van der Waals surface area contributed by atoms with E-state index in [1.165, 1.54) is 18.4 Å². The van der Waals surface area contributed by atoms with Gasteiger partial charge in [0.25, 0.3) is 0 Å². The number of benzene rings is 2. The van der Waals surface area contributed by atoms with Gasteiger partial charge in [-0.15, -0.1) is 0 Å². The fraction of sp³-hybridized carbons (Fsp3) is 0.333. The van der Waals surface area contributed by atoms with E-state index < -0.39 is 0 Å². The van der Waals surface area contributed by atoms with E-state index in [0.29, 0.717) is 5.11 Å². The van der Waals surface area contributed by atoms with Crippen LogP contribution in [0.15, 0.2) is 72.9 Å². The Morgan fingerprint density at radius 3 is 2.37 bits per heavy atom. The number of ether oxygens (including phenoxy) is 1. The van der Waals surface area contributed by atoms with Crippen molar-refractivity contribution in [1.82, 2.24) is 14.9 Å². The molecule has 212 valence electrons. The molecular weight excluding hydrogens is 550 g/mol. The van der Waals surface area contributed by atoms with Gasteiger partial charge >= 0.3 is 0 Å². The molecule has 2 aromatic carbocycles. The monoisotopic (exact) mass is 585 g/mol. The Hall–Kier alpha value is -3.55. The number of halogens is 1. The van der Waals surface area contributed by atoms with Crippen LogP contribution in [0.5, 0.6) is 5.75 Å². The van der Waals surface area contributed by atoms with Crippen molar-refractivity contribution in [3.63, 3.8) is 0 Å². The second-order valence-corrected chi connectivity index (χ2v) is 12.0. The highest BCUT2D eigenvalue weighted by molar-refractivity contribution is 7.80. The molecule has 0 saturated carbocycles. The molecule has 2 unspecified atom stereocenters. The van der Waals surface area contributed by atoms with Gasteiger partial charge < -0.3 is 24.4 Å². The number of piperidine rings is 1. The van der Waals surface area contributed by atoms with Gasteiger partial charge in [0.05, 0.1) is 35.6 Å². The molecular formula is C33H36ClN5OS. The minimum Gasteiger partial charge on any atom is -0.497 e. The average molecular weight is 586 g/mol. The number of hydrogen-bond donors (Lipinski definition) is 1. The first-order valence-electron chi connectivity index (χ1n) is 14.2. The van der Waals surface area contributed by atoms with E-state index >= 15 is 0 Å². The number of anilines is 2. The summed E-state index contributed by atoms with van der Waals surface area (Å²) in [6, 6.07) is 22.6. The molecule has 4 heterocycles. The maximum Gasteiger partial charge on any atom is 0.174 e. The lowest BCUT2D eigenvalue weighted by atomic mass is 9.96. The Balaban J connectivity index is 1.42. The normalized spacial score (nSPS) is 19.5. The van der Waals surface area contributed by atoms with Crippen molar-refractivity contribution in [2.24, 2.45) is 5.92 Å². The van der Waals surface area contributed by atoms with Crippen LogP contribution in [0.3, 0.4) is 0 Å². The summed E-state index contributed by atoms with van der Waals surface area (Å²) in [5, 5.41) is 5.01. The van der Waals surface area contributed by atoms with Crippen LogP contribution in [-0.2, 0) is 0 Å². The SMILES string of the molecule is COc1ccc(-n2c(C)cc(C3C(c4ccccn4)NC(=S)N3c3ccc(N4CCC(C)CC4)c(Cl)c3)c2C)cc1. The zero-order valence-electron chi connectivity index (χ0n) is 24.0. The van der Waals surface area contributed by atoms with Gasteiger partial charge in [-0.05, 0) is 111 Å². The van der Waals surface area contributed by atoms with Gasteiger partial charge in [0.15, 0.2) is 5.11 Å². The molecule has 4 aromatic rings. The summed E-state index contributed by atoms with van der Waals surface area (Å²) in [6.45, 7) is 8.71. The highest BCUT2D eigenvalue weighted by atomic mass is 35.5. The van der Waals surface area contributed by atoms with E-state index in [1.54, 1.807) is 7.11 Å². The summed E-state index contributed by atoms with van der Waals surface area (Å²) in [6.07, 6.45) is 4.22. The number of aryl methyl sites for hydroxylation is 1. The van der Waals surface area contributed by atoms with Crippen molar-refractivity contribution in [2.45, 2.75) is 45.7 Å². The van der Waals surface area contributed by atoms with E-state index in [0.717, 1.165) is 63.9 Å². The third-order valence-electron chi connectivity index (χ3n) is 8.55. The molecule has 0 amide bonds.